The molecule has 0 aliphatic heterocycles. The van der Waals surface area contributed by atoms with Crippen molar-refractivity contribution in [2.45, 2.75) is 143 Å². The third-order valence-electron chi connectivity index (χ3n) is 8.00. The van der Waals surface area contributed by atoms with Crippen LogP contribution in [0.1, 0.15) is 137 Å². The minimum absolute atomic E-state index is 0. The van der Waals surface area contributed by atoms with Gasteiger partial charge in [-0.15, -0.1) is 6.58 Å². The van der Waals surface area contributed by atoms with E-state index in [1.165, 1.54) is 27.8 Å². The van der Waals surface area contributed by atoms with E-state index in [1.54, 1.807) is 0 Å². The van der Waals surface area contributed by atoms with Crippen molar-refractivity contribution in [2.24, 2.45) is 0 Å². The molecule has 0 saturated heterocycles. The molecule has 0 fully saturated rings. The van der Waals surface area contributed by atoms with Crippen LogP contribution < -0.4 is 14.2 Å². The van der Waals surface area contributed by atoms with Gasteiger partial charge in [-0.25, -0.2) is 0 Å². The van der Waals surface area contributed by atoms with Gasteiger partial charge in [0.15, 0.2) is 0 Å². The molecule has 0 amide bonds. The molecule has 9 heteroatoms. The van der Waals surface area contributed by atoms with E-state index in [-0.39, 0.29) is 127 Å². The second kappa shape index (κ2) is 79.4. The average molecular weight is 1260 g/mol. The van der Waals surface area contributed by atoms with Gasteiger partial charge in [-0.2, -0.15) is 9.59 Å². The van der Waals surface area contributed by atoms with Gasteiger partial charge >= 0.3 is 6.15 Å². The number of allylic oxidation sites excluding steroid dienone is 3. The first-order valence-corrected chi connectivity index (χ1v) is 24.7. The normalized spacial score (nSPS) is 7.52. The molecule has 6 rings (SSSR count). The molecular weight excluding hydrogens is 1160 g/mol. The van der Waals surface area contributed by atoms with Gasteiger partial charge < -0.3 is 41.3 Å². The van der Waals surface area contributed by atoms with E-state index in [2.05, 4.69) is 69.8 Å². The maximum atomic E-state index is 10.5. The summed E-state index contributed by atoms with van der Waals surface area (Å²) >= 11 is 0. The SMILES string of the molecule is C=CCc1ccccc1OCc1ccccc1.CC.CC.CC.CC.CC.CC.CC=C(C)C.Cc1ccccc1OCc1ccccc1.O=C=O.O=CCc1ccccc1OCc1ccccc1.[CH3-].[CH3-].[CH3-].[Y].[Y].[Y]. The number of rotatable bonds is 13. The number of hydrogen-bond acceptors (Lipinski definition) is 6. The molecule has 0 aliphatic rings. The van der Waals surface area contributed by atoms with Crippen LogP contribution in [0.25, 0.3) is 0 Å². The fourth-order valence-electron chi connectivity index (χ4n) is 4.80. The van der Waals surface area contributed by atoms with E-state index in [4.69, 9.17) is 23.8 Å². The summed E-state index contributed by atoms with van der Waals surface area (Å²) in [5.74, 6) is 2.68. The van der Waals surface area contributed by atoms with Crippen molar-refractivity contribution in [3.8, 4) is 17.2 Å². The van der Waals surface area contributed by atoms with Crippen molar-refractivity contribution in [3.05, 3.63) is 244 Å². The summed E-state index contributed by atoms with van der Waals surface area (Å²) in [5.41, 5.74) is 8.16. The standard InChI is InChI=1S/C16H16O.C15H14O2.C14H14O.C5H10.6C2H6.CO2.3CH3.3Y/c1-2-8-15-11-6-7-12-16(15)17-13-14-9-4-3-5-10-14;16-11-10-14-8-4-5-9-15(14)17-12-13-6-2-1-3-7-13;1-12-7-5-6-10-14(12)15-11-13-8-3-2-4-9-13;1-4-5(2)3;6*1-2;2-1-3;;;;;;/h2-7,9-12H,1,8,13H2;1-9,11H,10,12H2;2-10H,11H2,1H3;4H,1-3H3;6*1-2H3;;3*1H3;;;/q;;;;;;;;;;;3*-1;;;. The Morgan fingerprint density at radius 3 is 0.947 bits per heavy atom. The Bertz CT molecular complexity index is 1960. The molecular formula is C66H99O6Y3-3. The Kier molecular flexibility index (Phi) is 103. The Hall–Kier alpha value is -3.44. The van der Waals surface area contributed by atoms with Crippen molar-refractivity contribution in [2.75, 3.05) is 0 Å². The number of carbonyl (C=O) groups excluding carboxylic acids is 3. The number of aryl methyl sites for hydroxylation is 1. The van der Waals surface area contributed by atoms with E-state index in [1.807, 2.05) is 223 Å². The van der Waals surface area contributed by atoms with Gasteiger partial charge in [0.05, 0.1) is 0 Å². The van der Waals surface area contributed by atoms with E-state index in [0.29, 0.717) is 26.2 Å². The molecule has 3 radical (unpaired) electrons. The number of para-hydroxylation sites is 3. The summed E-state index contributed by atoms with van der Waals surface area (Å²) in [5, 5.41) is 0. The molecule has 0 heterocycles. The smallest absolute Gasteiger partial charge is 0.373 e. The van der Waals surface area contributed by atoms with Crippen molar-refractivity contribution < 1.29 is 127 Å². The maximum absolute atomic E-state index is 10.5. The van der Waals surface area contributed by atoms with E-state index in [9.17, 15) is 4.79 Å². The zero-order chi connectivity index (χ0) is 53.4. The zero-order valence-electron chi connectivity index (χ0n) is 50.2. The van der Waals surface area contributed by atoms with Crippen molar-refractivity contribution >= 4 is 12.4 Å². The van der Waals surface area contributed by atoms with Gasteiger partial charge in [-0.05, 0) is 80.1 Å². The molecule has 0 aromatic heterocycles. The monoisotopic (exact) mass is 1250 g/mol. The van der Waals surface area contributed by atoms with Gasteiger partial charge in [0.1, 0.15) is 43.4 Å². The first kappa shape index (κ1) is 97.1. The fourth-order valence-corrected chi connectivity index (χ4v) is 4.80. The Morgan fingerprint density at radius 2 is 0.680 bits per heavy atom. The van der Waals surface area contributed by atoms with Crippen LogP contribution in [-0.4, -0.2) is 12.4 Å². The van der Waals surface area contributed by atoms with Gasteiger partial charge in [-0.1, -0.05) is 246 Å². The van der Waals surface area contributed by atoms with E-state index in [0.717, 1.165) is 41.1 Å². The average Bonchev–Trinajstić information content (AvgIpc) is 3.43. The third-order valence-corrected chi connectivity index (χ3v) is 8.00. The number of hydrogen-bond donors (Lipinski definition) is 0. The summed E-state index contributed by atoms with van der Waals surface area (Å²) in [7, 11) is 0. The topological polar surface area (TPSA) is 78.9 Å². The molecule has 75 heavy (non-hydrogen) atoms. The summed E-state index contributed by atoms with van der Waals surface area (Å²) < 4.78 is 17.3. The molecule has 0 N–H and O–H groups in total. The van der Waals surface area contributed by atoms with Crippen LogP contribution in [0.2, 0.25) is 0 Å². The summed E-state index contributed by atoms with van der Waals surface area (Å²) in [4.78, 5) is 26.8. The van der Waals surface area contributed by atoms with Crippen LogP contribution >= 0.6 is 0 Å². The number of benzene rings is 6. The Labute approximate surface area is 537 Å². The Morgan fingerprint density at radius 1 is 0.440 bits per heavy atom. The molecule has 0 unspecified atom stereocenters. The molecule has 0 spiro atoms. The van der Waals surface area contributed by atoms with Gasteiger partial charge in [0, 0.05) is 110 Å². The largest absolute Gasteiger partial charge is 0.489 e. The van der Waals surface area contributed by atoms with Crippen LogP contribution in [0.5, 0.6) is 17.2 Å². The molecule has 411 valence electrons. The minimum Gasteiger partial charge on any atom is -0.489 e. The second-order valence-corrected chi connectivity index (χ2v) is 12.6. The summed E-state index contributed by atoms with van der Waals surface area (Å²) in [6.45, 7) is 37.8. The van der Waals surface area contributed by atoms with Gasteiger partial charge in [0.2, 0.25) is 0 Å². The first-order valence-electron chi connectivity index (χ1n) is 24.7. The molecule has 0 saturated carbocycles. The first-order chi connectivity index (χ1) is 33.8. The summed E-state index contributed by atoms with van der Waals surface area (Å²) in [6.07, 6.45) is 6.35. The molecule has 6 aromatic rings. The molecule has 6 aromatic carbocycles. The van der Waals surface area contributed by atoms with Crippen molar-refractivity contribution in [1.82, 2.24) is 0 Å². The molecule has 0 bridgehead atoms. The third kappa shape index (κ3) is 56.6. The van der Waals surface area contributed by atoms with Crippen LogP contribution in [0.15, 0.2) is 188 Å². The van der Waals surface area contributed by atoms with Crippen molar-refractivity contribution in [1.29, 1.82) is 0 Å². The van der Waals surface area contributed by atoms with Gasteiger partial charge in [-0.3, -0.25) is 0 Å². The maximum Gasteiger partial charge on any atom is 0.373 e. The van der Waals surface area contributed by atoms with E-state index >= 15 is 0 Å². The molecule has 6 nitrogen and oxygen atoms in total. The van der Waals surface area contributed by atoms with Crippen LogP contribution in [-0.2, 0) is 145 Å². The van der Waals surface area contributed by atoms with E-state index < -0.39 is 0 Å². The van der Waals surface area contributed by atoms with Crippen LogP contribution in [0.4, 0.5) is 0 Å². The van der Waals surface area contributed by atoms with Crippen LogP contribution in [0.3, 0.4) is 0 Å². The van der Waals surface area contributed by atoms with Gasteiger partial charge in [0.25, 0.3) is 0 Å². The number of carbonyl (C=O) groups is 1. The molecule has 0 atom stereocenters. The quantitative estimate of drug-likeness (QED) is 0.0651. The number of ether oxygens (including phenoxy) is 3. The fraction of sp³-hybridized carbons (Fsp3) is 0.318. The minimum atomic E-state index is 0. The number of aldehydes is 1. The molecule has 0 aliphatic carbocycles. The predicted molar refractivity (Wildman–Crippen MR) is 317 cm³/mol. The zero-order valence-corrected chi connectivity index (χ0v) is 58.8. The second-order valence-electron chi connectivity index (χ2n) is 12.6. The predicted octanol–water partition coefficient (Wildman–Crippen LogP) is 19.5. The Balaban J connectivity index is -0.0000000750. The summed E-state index contributed by atoms with van der Waals surface area (Å²) in [6, 6.07) is 54.1. The van der Waals surface area contributed by atoms with Crippen molar-refractivity contribution in [3.63, 3.8) is 0 Å². The van der Waals surface area contributed by atoms with Crippen LogP contribution in [0, 0.1) is 29.2 Å².